The highest BCUT2D eigenvalue weighted by molar-refractivity contribution is 6.00. The maximum Gasteiger partial charge on any atom is 0.249 e. The van der Waals surface area contributed by atoms with Gasteiger partial charge < -0.3 is 24.2 Å². The Morgan fingerprint density at radius 3 is 2.78 bits per heavy atom. The van der Waals surface area contributed by atoms with Gasteiger partial charge in [0.05, 0.1) is 25.7 Å². The summed E-state index contributed by atoms with van der Waals surface area (Å²) in [5.74, 6) is 3.69. The molecule has 7 heterocycles. The zero-order chi connectivity index (χ0) is 31.2. The number of hydrogen-bond acceptors (Lipinski definition) is 7. The van der Waals surface area contributed by atoms with Crippen LogP contribution < -0.4 is 24.2 Å². The van der Waals surface area contributed by atoms with Crippen molar-refractivity contribution in [2.45, 2.75) is 63.6 Å². The van der Waals surface area contributed by atoms with Gasteiger partial charge in [0.1, 0.15) is 17.8 Å². The molecule has 0 aliphatic carbocycles. The van der Waals surface area contributed by atoms with E-state index in [0.717, 1.165) is 84.3 Å². The number of ether oxygens (including phenoxy) is 2. The number of carbonyl (C=O) groups is 1. The van der Waals surface area contributed by atoms with Gasteiger partial charge in [-0.3, -0.25) is 9.78 Å². The fourth-order valence-corrected chi connectivity index (χ4v) is 8.76. The van der Waals surface area contributed by atoms with Gasteiger partial charge >= 0.3 is 0 Å². The summed E-state index contributed by atoms with van der Waals surface area (Å²) in [6.45, 7) is 6.22. The van der Waals surface area contributed by atoms with Gasteiger partial charge in [-0.15, -0.1) is 10.2 Å². The van der Waals surface area contributed by atoms with Crippen molar-refractivity contribution < 1.29 is 19.2 Å². The summed E-state index contributed by atoms with van der Waals surface area (Å²) in [7, 11) is 1.70. The van der Waals surface area contributed by atoms with E-state index in [1.165, 1.54) is 31.5 Å². The first-order valence-electron chi connectivity index (χ1n) is 17.0. The molecule has 9 nitrogen and oxygen atoms in total. The molecule has 2 aromatic carbocycles. The van der Waals surface area contributed by atoms with Gasteiger partial charge in [0.25, 0.3) is 0 Å². The molecule has 9 heteroatoms. The number of anilines is 2. The van der Waals surface area contributed by atoms with Crippen LogP contribution in [-0.4, -0.2) is 66.5 Å². The van der Waals surface area contributed by atoms with Gasteiger partial charge in [-0.1, -0.05) is 25.1 Å². The second-order valence-corrected chi connectivity index (χ2v) is 13.4. The summed E-state index contributed by atoms with van der Waals surface area (Å²) in [6, 6.07) is 20.4. The Balaban J connectivity index is 1.07. The number of amides is 1. The number of pyridine rings is 1. The number of para-hydroxylation sites is 1. The Kier molecular flexibility index (Phi) is 7.72. The molecule has 0 radical (unpaired) electrons. The number of nitrogens with zero attached hydrogens (tertiary/aromatic N) is 5. The summed E-state index contributed by atoms with van der Waals surface area (Å²) in [5, 5.41) is 10.3. The average Bonchev–Trinajstić information content (AvgIpc) is 3.78. The van der Waals surface area contributed by atoms with Crippen LogP contribution >= 0.6 is 0 Å². The van der Waals surface area contributed by atoms with Crippen LogP contribution in [0.1, 0.15) is 56.3 Å². The standard InChI is InChI=1S/C37H42N6O3/c1-3-24-23-41-19-15-26(24)21-33(41)36(28-14-17-38-30-11-10-27(45-2)22-29(28)30)46-35-13-12-34(39-40-35)42-18-6-9-32(42)37(44)43-20-16-25-7-4-5-8-31(25)43/h4-5,7-8,10-14,17,22,24,26,32-33,36H,3,6,9,15-16,18-21,23H2,1-2H3/p+1/t24-,26?,32+,33?,36-/m0/s1. The van der Waals surface area contributed by atoms with Crippen molar-refractivity contribution in [1.82, 2.24) is 15.2 Å². The molecule has 0 spiro atoms. The number of quaternary nitrogens is 1. The molecule has 3 unspecified atom stereocenters. The average molecular weight is 620 g/mol. The number of nitrogens with one attached hydrogen (secondary N) is 1. The lowest BCUT2D eigenvalue weighted by Gasteiger charge is -2.48. The quantitative estimate of drug-likeness (QED) is 0.313. The van der Waals surface area contributed by atoms with Crippen molar-refractivity contribution in [2.75, 3.05) is 43.1 Å². The van der Waals surface area contributed by atoms with Crippen LogP contribution in [0.25, 0.3) is 10.9 Å². The molecule has 0 saturated carbocycles. The van der Waals surface area contributed by atoms with Crippen LogP contribution in [0.5, 0.6) is 11.6 Å². The van der Waals surface area contributed by atoms with E-state index in [0.29, 0.717) is 11.9 Å². The minimum atomic E-state index is -0.237. The summed E-state index contributed by atoms with van der Waals surface area (Å²) < 4.78 is 12.5. The monoisotopic (exact) mass is 619 g/mol. The van der Waals surface area contributed by atoms with E-state index in [9.17, 15) is 4.79 Å². The molecule has 5 aliphatic rings. The van der Waals surface area contributed by atoms with Crippen LogP contribution in [0.2, 0.25) is 0 Å². The van der Waals surface area contributed by atoms with Gasteiger partial charge in [0.15, 0.2) is 11.9 Å². The van der Waals surface area contributed by atoms with Gasteiger partial charge in [-0.25, -0.2) is 0 Å². The Hall–Kier alpha value is -4.24. The molecule has 2 aromatic heterocycles. The molecule has 1 N–H and O–H groups in total. The second kappa shape index (κ2) is 12.2. The molecule has 238 valence electrons. The normalized spacial score (nSPS) is 25.9. The number of benzene rings is 2. The van der Waals surface area contributed by atoms with Gasteiger partial charge in [0, 0.05) is 60.7 Å². The van der Waals surface area contributed by atoms with Crippen molar-refractivity contribution in [1.29, 1.82) is 0 Å². The minimum absolute atomic E-state index is 0.152. The van der Waals surface area contributed by atoms with Crippen LogP contribution in [0.4, 0.5) is 11.5 Å². The van der Waals surface area contributed by atoms with Crippen LogP contribution in [-0.2, 0) is 11.2 Å². The highest BCUT2D eigenvalue weighted by Crippen LogP contribution is 2.38. The molecule has 9 rings (SSSR count). The lowest BCUT2D eigenvalue weighted by Crippen LogP contribution is -3.20. The zero-order valence-electron chi connectivity index (χ0n) is 26.8. The molecular formula is C37H43N6O3+. The Bertz CT molecular complexity index is 1730. The van der Waals surface area contributed by atoms with E-state index in [1.54, 1.807) is 12.0 Å². The Morgan fingerprint density at radius 1 is 1.07 bits per heavy atom. The van der Waals surface area contributed by atoms with Gasteiger partial charge in [0.2, 0.25) is 11.8 Å². The summed E-state index contributed by atoms with van der Waals surface area (Å²) in [6.07, 6.45) is 8.01. The third-order valence-electron chi connectivity index (χ3n) is 11.1. The molecule has 46 heavy (non-hydrogen) atoms. The van der Waals surface area contributed by atoms with Gasteiger partial charge in [-0.05, 0) is 73.6 Å². The maximum absolute atomic E-state index is 13.8. The summed E-state index contributed by atoms with van der Waals surface area (Å²) >= 11 is 0. The molecule has 4 fully saturated rings. The van der Waals surface area contributed by atoms with Crippen LogP contribution in [0.15, 0.2) is 66.9 Å². The molecule has 5 aliphatic heterocycles. The fourth-order valence-electron chi connectivity index (χ4n) is 8.76. The van der Waals surface area contributed by atoms with E-state index in [4.69, 9.17) is 9.47 Å². The highest BCUT2D eigenvalue weighted by Gasteiger charge is 2.48. The van der Waals surface area contributed by atoms with E-state index in [-0.39, 0.29) is 18.1 Å². The molecular weight excluding hydrogens is 576 g/mol. The first kappa shape index (κ1) is 29.2. The molecule has 6 atom stereocenters. The van der Waals surface area contributed by atoms with Crippen molar-refractivity contribution in [2.24, 2.45) is 11.8 Å². The van der Waals surface area contributed by atoms with Crippen LogP contribution in [0.3, 0.4) is 0 Å². The van der Waals surface area contributed by atoms with Crippen molar-refractivity contribution in [3.8, 4) is 11.6 Å². The second-order valence-electron chi connectivity index (χ2n) is 13.4. The lowest BCUT2D eigenvalue weighted by molar-refractivity contribution is -0.950. The number of rotatable bonds is 8. The number of aromatic nitrogens is 3. The summed E-state index contributed by atoms with van der Waals surface area (Å²) in [5.41, 5.74) is 4.33. The third kappa shape index (κ3) is 5.14. The van der Waals surface area contributed by atoms with E-state index in [1.807, 2.05) is 47.5 Å². The SMILES string of the molecule is CC[C@H]1C[NH+]2CCC1CC2[C@@H](Oc1ccc(N2CCC[C@@H]2C(=O)N2CCc3ccccc32)nn1)c1ccnc2ccc(OC)cc12. The fraction of sp³-hybridized carbons (Fsp3) is 0.459. The van der Waals surface area contributed by atoms with Gasteiger partial charge in [-0.2, -0.15) is 0 Å². The number of piperidine rings is 3. The number of hydrogen-bond donors (Lipinski definition) is 1. The third-order valence-corrected chi connectivity index (χ3v) is 11.1. The van der Waals surface area contributed by atoms with Crippen molar-refractivity contribution in [3.05, 3.63) is 78.0 Å². The van der Waals surface area contributed by atoms with Crippen molar-refractivity contribution >= 4 is 28.3 Å². The Morgan fingerprint density at radius 2 is 1.98 bits per heavy atom. The number of fused-ring (bicyclic) bond motifs is 5. The first-order chi connectivity index (χ1) is 22.6. The predicted octanol–water partition coefficient (Wildman–Crippen LogP) is 4.41. The first-order valence-corrected chi connectivity index (χ1v) is 17.0. The maximum atomic E-state index is 13.8. The Labute approximate surface area is 270 Å². The smallest absolute Gasteiger partial charge is 0.249 e. The van der Waals surface area contributed by atoms with Crippen LogP contribution in [0, 0.1) is 11.8 Å². The summed E-state index contributed by atoms with van der Waals surface area (Å²) in [4.78, 5) is 24.2. The molecule has 4 aromatic rings. The number of carbonyl (C=O) groups excluding carboxylic acids is 1. The number of methoxy groups -OCH3 is 1. The zero-order valence-corrected chi connectivity index (χ0v) is 26.8. The van der Waals surface area contributed by atoms with E-state index >= 15 is 0 Å². The van der Waals surface area contributed by atoms with Crippen molar-refractivity contribution in [3.63, 3.8) is 0 Å². The molecule has 1 amide bonds. The molecule has 4 saturated heterocycles. The lowest BCUT2D eigenvalue weighted by atomic mass is 9.72. The minimum Gasteiger partial charge on any atom is -0.497 e. The van der Waals surface area contributed by atoms with E-state index in [2.05, 4.69) is 51.3 Å². The molecule has 2 bridgehead atoms. The highest BCUT2D eigenvalue weighted by atomic mass is 16.5. The topological polar surface area (TPSA) is 85.1 Å². The largest absolute Gasteiger partial charge is 0.497 e. The predicted molar refractivity (Wildman–Crippen MR) is 178 cm³/mol. The van der Waals surface area contributed by atoms with E-state index < -0.39 is 0 Å².